The van der Waals surface area contributed by atoms with Gasteiger partial charge >= 0.3 is 7.01 Å². The Balaban J connectivity index is 2.14. The average Bonchev–Trinajstić information content (AvgIpc) is 2.45. The maximum atomic E-state index is 6.11. The van der Waals surface area contributed by atoms with E-state index in [1.54, 1.807) is 0 Å². The van der Waals surface area contributed by atoms with Crippen molar-refractivity contribution in [2.45, 2.75) is 59.7 Å². The lowest BCUT2D eigenvalue weighted by molar-refractivity contribution is 0.00578. The molecular formula is C10H18B3I2O3. The van der Waals surface area contributed by atoms with Crippen molar-refractivity contribution in [2.75, 3.05) is 0 Å². The standard InChI is InChI=1S/C10H18B3I2O3/c1-7(2)8(3,4)17-13(16-7)12-11-9(5,14)10(6,15)18-12/h1-6H3. The molecule has 3 nitrogen and oxygen atoms in total. The lowest BCUT2D eigenvalue weighted by Crippen LogP contribution is -2.45. The van der Waals surface area contributed by atoms with E-state index < -0.39 is 0 Å². The zero-order valence-corrected chi connectivity index (χ0v) is 16.0. The lowest BCUT2D eigenvalue weighted by Gasteiger charge is -2.32. The monoisotopic (exact) mass is 473 g/mol. The quantitative estimate of drug-likeness (QED) is 0.334. The molecule has 2 rings (SSSR count). The third-order valence-electron chi connectivity index (χ3n) is 4.25. The summed E-state index contributed by atoms with van der Waals surface area (Å²) in [7, 11) is 1.88. The minimum absolute atomic E-state index is 0.0282. The van der Waals surface area contributed by atoms with Crippen LogP contribution in [0, 0.1) is 0 Å². The molecule has 0 aliphatic carbocycles. The van der Waals surface area contributed by atoms with Crippen LogP contribution < -0.4 is 0 Å². The topological polar surface area (TPSA) is 27.7 Å². The van der Waals surface area contributed by atoms with E-state index in [0.29, 0.717) is 0 Å². The molecular weight excluding hydrogens is 454 g/mol. The number of alkyl halides is 2. The van der Waals surface area contributed by atoms with Crippen LogP contribution in [0.4, 0.5) is 0 Å². The van der Waals surface area contributed by atoms with E-state index in [9.17, 15) is 0 Å². The summed E-state index contributed by atoms with van der Waals surface area (Å²) in [6.07, 6.45) is 0. The second-order valence-corrected chi connectivity index (χ2v) is 10.7. The van der Waals surface area contributed by atoms with E-state index in [4.69, 9.17) is 14.0 Å². The van der Waals surface area contributed by atoms with Crippen LogP contribution in [0.15, 0.2) is 0 Å². The zero-order valence-electron chi connectivity index (χ0n) is 11.7. The summed E-state index contributed by atoms with van der Waals surface area (Å²) in [6, 6.07) is 0. The first-order chi connectivity index (χ1) is 7.88. The normalized spacial score (nSPS) is 42.2. The van der Waals surface area contributed by atoms with Crippen LogP contribution >= 0.6 is 45.2 Å². The first-order valence-corrected chi connectivity index (χ1v) is 8.31. The van der Waals surface area contributed by atoms with Crippen LogP contribution in [0.1, 0.15) is 41.5 Å². The van der Waals surface area contributed by atoms with Gasteiger partial charge in [0.1, 0.15) is 10.8 Å². The first-order valence-electron chi connectivity index (χ1n) is 6.15. The minimum atomic E-state index is -0.319. The second kappa shape index (κ2) is 4.51. The maximum absolute atomic E-state index is 6.11. The van der Waals surface area contributed by atoms with Gasteiger partial charge in [0.05, 0.1) is 11.2 Å². The van der Waals surface area contributed by atoms with Crippen LogP contribution in [0.5, 0.6) is 0 Å². The van der Waals surface area contributed by atoms with E-state index >= 15 is 0 Å². The van der Waals surface area contributed by atoms with E-state index in [2.05, 4.69) is 93.9 Å². The molecule has 0 amide bonds. The predicted octanol–water partition coefficient (Wildman–Crippen LogP) is 2.68. The molecule has 0 bridgehead atoms. The molecule has 0 saturated carbocycles. The van der Waals surface area contributed by atoms with E-state index in [1.807, 2.05) is 0 Å². The van der Waals surface area contributed by atoms with Gasteiger partial charge in [-0.05, 0) is 57.2 Å². The van der Waals surface area contributed by atoms with Crippen molar-refractivity contribution in [3.8, 4) is 0 Å². The summed E-state index contributed by atoms with van der Waals surface area (Å²) >= 11 is 4.79. The Bertz CT molecular complexity index is 294. The summed E-state index contributed by atoms with van der Waals surface area (Å²) in [5.74, 6) is 0. The van der Waals surface area contributed by atoms with Crippen molar-refractivity contribution in [3.63, 3.8) is 0 Å². The molecule has 18 heavy (non-hydrogen) atoms. The molecule has 2 heterocycles. The van der Waals surface area contributed by atoms with Crippen molar-refractivity contribution >= 4 is 66.1 Å². The molecule has 0 N–H and O–H groups in total. The van der Waals surface area contributed by atoms with Crippen molar-refractivity contribution < 1.29 is 14.0 Å². The molecule has 99 valence electrons. The first kappa shape index (κ1) is 15.9. The van der Waals surface area contributed by atoms with Crippen LogP contribution in [0.2, 0.25) is 0 Å². The third kappa shape index (κ3) is 2.53. The van der Waals surface area contributed by atoms with Crippen molar-refractivity contribution in [1.82, 2.24) is 0 Å². The Kier molecular flexibility index (Phi) is 3.99. The molecule has 1 radical (unpaired) electrons. The highest BCUT2D eigenvalue weighted by Gasteiger charge is 2.62. The average molecular weight is 472 g/mol. The largest absolute Gasteiger partial charge is 0.436 e. The molecule has 0 spiro atoms. The van der Waals surface area contributed by atoms with E-state index in [1.165, 1.54) is 0 Å². The Labute approximate surface area is 139 Å². The molecule has 0 aromatic carbocycles. The Morgan fingerprint density at radius 3 is 1.61 bits per heavy atom. The number of hydrogen-bond donors (Lipinski definition) is 0. The lowest BCUT2D eigenvalue weighted by atomic mass is 9.14. The summed E-state index contributed by atoms with van der Waals surface area (Å²) in [5, 5.41) is 0. The molecule has 2 saturated heterocycles. The fraction of sp³-hybridized carbons (Fsp3) is 1.00. The zero-order chi connectivity index (χ0) is 14.0. The summed E-state index contributed by atoms with van der Waals surface area (Å²) in [4.78, 5) is 0. The maximum Gasteiger partial charge on any atom is 0.436 e. The van der Waals surface area contributed by atoms with Gasteiger partial charge in [0.2, 0.25) is 0 Å². The molecule has 0 aromatic rings. The van der Waals surface area contributed by atoms with Crippen molar-refractivity contribution in [2.24, 2.45) is 0 Å². The Morgan fingerprint density at radius 2 is 1.28 bits per heavy atom. The third-order valence-corrected chi connectivity index (χ3v) is 8.04. The summed E-state index contributed by atoms with van der Waals surface area (Å²) in [6.45, 7) is 12.4. The Hall–Kier alpha value is 1.53. The minimum Gasteiger partial charge on any atom is -0.433 e. The molecule has 2 aliphatic rings. The predicted molar refractivity (Wildman–Crippen MR) is 93.5 cm³/mol. The fourth-order valence-corrected chi connectivity index (χ4v) is 2.97. The van der Waals surface area contributed by atoms with Gasteiger partial charge in [-0.3, -0.25) is 0 Å². The highest BCUT2D eigenvalue weighted by Crippen LogP contribution is 2.47. The van der Waals surface area contributed by atoms with Gasteiger partial charge in [0.15, 0.2) is 0 Å². The van der Waals surface area contributed by atoms with Gasteiger partial charge in [-0.1, -0.05) is 29.5 Å². The van der Waals surface area contributed by atoms with Gasteiger partial charge in [0.25, 0.3) is 6.70 Å². The molecule has 2 atom stereocenters. The molecule has 8 heteroatoms. The van der Waals surface area contributed by atoms with Crippen LogP contribution in [0.25, 0.3) is 0 Å². The van der Waals surface area contributed by atoms with Gasteiger partial charge in [-0.2, -0.15) is 0 Å². The molecule has 0 aromatic heterocycles. The second-order valence-electron chi connectivity index (χ2n) is 6.37. The van der Waals surface area contributed by atoms with Crippen molar-refractivity contribution in [1.29, 1.82) is 0 Å². The van der Waals surface area contributed by atoms with Crippen LogP contribution in [-0.2, 0) is 14.0 Å². The summed E-state index contributed by atoms with van der Waals surface area (Å²) < 4.78 is 17.9. The molecule has 2 unspecified atom stereocenters. The van der Waals surface area contributed by atoms with Gasteiger partial charge in [0, 0.05) is 3.32 Å². The number of halogens is 2. The van der Waals surface area contributed by atoms with Crippen LogP contribution in [-0.4, -0.2) is 39.0 Å². The van der Waals surface area contributed by atoms with Gasteiger partial charge < -0.3 is 14.0 Å². The molecule has 2 fully saturated rings. The smallest absolute Gasteiger partial charge is 0.433 e. The summed E-state index contributed by atoms with van der Waals surface area (Å²) in [5.41, 5.74) is -0.610. The van der Waals surface area contributed by atoms with Gasteiger partial charge in [-0.15, -0.1) is 0 Å². The van der Waals surface area contributed by atoms with Gasteiger partial charge in [-0.25, -0.2) is 0 Å². The van der Waals surface area contributed by atoms with E-state index in [0.717, 1.165) is 0 Å². The number of hydrogen-bond acceptors (Lipinski definition) is 3. The van der Waals surface area contributed by atoms with E-state index in [-0.39, 0.29) is 31.8 Å². The Morgan fingerprint density at radius 1 is 0.833 bits per heavy atom. The van der Waals surface area contributed by atoms with Crippen LogP contribution in [0.3, 0.4) is 0 Å². The fourth-order valence-electron chi connectivity index (χ4n) is 2.02. The molecule has 2 aliphatic heterocycles. The highest BCUT2D eigenvalue weighted by molar-refractivity contribution is 14.1. The van der Waals surface area contributed by atoms with Crippen molar-refractivity contribution in [3.05, 3.63) is 0 Å². The highest BCUT2D eigenvalue weighted by atomic mass is 127. The SMILES string of the molecule is CC1(I)[B]B(B2OC(C)(C)C(C)(C)O2)OC1(C)I. The number of rotatable bonds is 1.